The molecular formula is C19H19ClN2O2. The smallest absolute Gasteiger partial charge is 0.251 e. The first-order chi connectivity index (χ1) is 11.6. The molecule has 124 valence electrons. The maximum Gasteiger partial charge on any atom is 0.251 e. The van der Waals surface area contributed by atoms with Gasteiger partial charge >= 0.3 is 0 Å². The summed E-state index contributed by atoms with van der Waals surface area (Å²) in [5, 5.41) is 6.40. The number of hydrogen-bond donors (Lipinski definition) is 2. The highest BCUT2D eigenvalue weighted by molar-refractivity contribution is 6.31. The summed E-state index contributed by atoms with van der Waals surface area (Å²) in [6.45, 7) is 0.883. The van der Waals surface area contributed by atoms with E-state index in [-0.39, 0.29) is 17.7 Å². The topological polar surface area (TPSA) is 58.2 Å². The number of halogens is 1. The zero-order chi connectivity index (χ0) is 16.9. The van der Waals surface area contributed by atoms with Gasteiger partial charge in [0.05, 0.1) is 0 Å². The van der Waals surface area contributed by atoms with Crippen LogP contribution in [0.15, 0.2) is 48.5 Å². The summed E-state index contributed by atoms with van der Waals surface area (Å²) >= 11 is 6.08. The van der Waals surface area contributed by atoms with Crippen LogP contribution in [0.4, 0.5) is 0 Å². The van der Waals surface area contributed by atoms with Crippen molar-refractivity contribution in [2.24, 2.45) is 5.92 Å². The Balaban J connectivity index is 1.51. The first kappa shape index (κ1) is 16.5. The van der Waals surface area contributed by atoms with E-state index in [4.69, 9.17) is 11.6 Å². The summed E-state index contributed by atoms with van der Waals surface area (Å²) in [5.74, 6) is 0.180. The van der Waals surface area contributed by atoms with Crippen molar-refractivity contribution in [3.05, 3.63) is 70.2 Å². The maximum absolute atomic E-state index is 12.2. The first-order valence-electron chi connectivity index (χ1n) is 8.02. The largest absolute Gasteiger partial charge is 0.352 e. The van der Waals surface area contributed by atoms with E-state index in [1.54, 1.807) is 18.2 Å². The Morgan fingerprint density at radius 1 is 0.958 bits per heavy atom. The molecule has 2 aromatic carbocycles. The molecular weight excluding hydrogens is 324 g/mol. The van der Waals surface area contributed by atoms with Gasteiger partial charge in [-0.3, -0.25) is 9.59 Å². The molecule has 2 amide bonds. The highest BCUT2D eigenvalue weighted by Gasteiger charge is 2.29. The first-order valence-corrected chi connectivity index (χ1v) is 8.39. The normalized spacial score (nSPS) is 13.4. The van der Waals surface area contributed by atoms with Gasteiger partial charge in [-0.25, -0.2) is 0 Å². The lowest BCUT2D eigenvalue weighted by Crippen LogP contribution is -2.24. The molecule has 0 unspecified atom stereocenters. The van der Waals surface area contributed by atoms with E-state index in [9.17, 15) is 9.59 Å². The van der Waals surface area contributed by atoms with Gasteiger partial charge in [0.1, 0.15) is 0 Å². The second-order valence-electron chi connectivity index (χ2n) is 5.96. The summed E-state index contributed by atoms with van der Waals surface area (Å²) in [6.07, 6.45) is 1.99. The minimum Gasteiger partial charge on any atom is -0.352 e. The third-order valence-electron chi connectivity index (χ3n) is 4.03. The number of benzene rings is 2. The van der Waals surface area contributed by atoms with Crippen LogP contribution in [0, 0.1) is 5.92 Å². The summed E-state index contributed by atoms with van der Waals surface area (Å²) in [5.41, 5.74) is 2.44. The van der Waals surface area contributed by atoms with Gasteiger partial charge < -0.3 is 10.6 Å². The van der Waals surface area contributed by atoms with E-state index in [0.717, 1.165) is 24.0 Å². The van der Waals surface area contributed by atoms with Gasteiger partial charge in [-0.1, -0.05) is 41.9 Å². The van der Waals surface area contributed by atoms with Crippen LogP contribution in [0.25, 0.3) is 0 Å². The zero-order valence-corrected chi connectivity index (χ0v) is 14.0. The quantitative estimate of drug-likeness (QED) is 0.846. The number of carbonyl (C=O) groups is 2. The van der Waals surface area contributed by atoms with Crippen LogP contribution >= 0.6 is 11.6 Å². The molecule has 1 saturated carbocycles. The van der Waals surface area contributed by atoms with Crippen molar-refractivity contribution in [3.8, 4) is 0 Å². The number of carbonyl (C=O) groups excluding carboxylic acids is 2. The van der Waals surface area contributed by atoms with E-state index in [2.05, 4.69) is 10.6 Å². The molecule has 0 radical (unpaired) electrons. The van der Waals surface area contributed by atoms with Crippen LogP contribution in [0.5, 0.6) is 0 Å². The molecule has 1 aliphatic rings. The lowest BCUT2D eigenvalue weighted by atomic mass is 10.1. The Morgan fingerprint density at radius 2 is 1.67 bits per heavy atom. The molecule has 0 aliphatic heterocycles. The van der Waals surface area contributed by atoms with Crippen molar-refractivity contribution in [2.75, 3.05) is 0 Å². The van der Waals surface area contributed by atoms with Gasteiger partial charge in [0.2, 0.25) is 5.91 Å². The van der Waals surface area contributed by atoms with Gasteiger partial charge in [-0.2, -0.15) is 0 Å². The number of amides is 2. The Hall–Kier alpha value is -2.33. The molecule has 0 atom stereocenters. The fourth-order valence-electron chi connectivity index (χ4n) is 2.37. The second-order valence-corrected chi connectivity index (χ2v) is 6.37. The third-order valence-corrected chi connectivity index (χ3v) is 4.40. The van der Waals surface area contributed by atoms with Gasteiger partial charge in [-0.05, 0) is 42.2 Å². The molecule has 24 heavy (non-hydrogen) atoms. The number of nitrogens with one attached hydrogen (secondary N) is 2. The van der Waals surface area contributed by atoms with E-state index < -0.39 is 0 Å². The van der Waals surface area contributed by atoms with E-state index in [0.29, 0.717) is 23.7 Å². The highest BCUT2D eigenvalue weighted by atomic mass is 35.5. The number of hydrogen-bond acceptors (Lipinski definition) is 2. The van der Waals surface area contributed by atoms with Crippen LogP contribution < -0.4 is 10.6 Å². The van der Waals surface area contributed by atoms with Crippen molar-refractivity contribution in [1.29, 1.82) is 0 Å². The van der Waals surface area contributed by atoms with Gasteiger partial charge in [0.15, 0.2) is 0 Å². The maximum atomic E-state index is 12.2. The van der Waals surface area contributed by atoms with Crippen LogP contribution in [0.3, 0.4) is 0 Å². The van der Waals surface area contributed by atoms with Gasteiger partial charge in [0.25, 0.3) is 5.91 Å². The Morgan fingerprint density at radius 3 is 2.33 bits per heavy atom. The molecule has 0 saturated heterocycles. The fraction of sp³-hybridized carbons (Fsp3) is 0.263. The average Bonchev–Trinajstić information content (AvgIpc) is 3.44. The molecule has 4 nitrogen and oxygen atoms in total. The van der Waals surface area contributed by atoms with Crippen molar-refractivity contribution in [2.45, 2.75) is 25.9 Å². The minimum absolute atomic E-state index is 0.122. The van der Waals surface area contributed by atoms with Crippen LogP contribution in [0.2, 0.25) is 5.02 Å². The van der Waals surface area contributed by atoms with Crippen molar-refractivity contribution in [1.82, 2.24) is 10.6 Å². The molecule has 1 aliphatic carbocycles. The summed E-state index contributed by atoms with van der Waals surface area (Å²) < 4.78 is 0. The molecule has 3 rings (SSSR count). The molecule has 2 aromatic rings. The van der Waals surface area contributed by atoms with Crippen LogP contribution in [-0.4, -0.2) is 11.8 Å². The molecule has 1 fully saturated rings. The number of rotatable bonds is 6. The van der Waals surface area contributed by atoms with Crippen molar-refractivity contribution in [3.63, 3.8) is 0 Å². The van der Waals surface area contributed by atoms with Crippen LogP contribution in [0.1, 0.15) is 34.3 Å². The van der Waals surface area contributed by atoms with Crippen LogP contribution in [-0.2, 0) is 17.9 Å². The summed E-state index contributed by atoms with van der Waals surface area (Å²) in [4.78, 5) is 23.8. The van der Waals surface area contributed by atoms with E-state index >= 15 is 0 Å². The van der Waals surface area contributed by atoms with Gasteiger partial charge in [-0.15, -0.1) is 0 Å². The van der Waals surface area contributed by atoms with Crippen molar-refractivity contribution >= 4 is 23.4 Å². The predicted molar refractivity (Wildman–Crippen MR) is 93.6 cm³/mol. The predicted octanol–water partition coefficient (Wildman–Crippen LogP) is 3.30. The molecule has 0 heterocycles. The standard InChI is InChI=1S/C19H19ClN2O2/c20-17-4-2-1-3-16(17)12-22-19(24)14-7-5-13(6-8-14)11-21-18(23)15-9-10-15/h1-8,15H,9-12H2,(H,21,23)(H,22,24). The average molecular weight is 343 g/mol. The third kappa shape index (κ3) is 4.36. The molecule has 0 aromatic heterocycles. The summed E-state index contributed by atoms with van der Waals surface area (Å²) in [7, 11) is 0. The monoisotopic (exact) mass is 342 g/mol. The zero-order valence-electron chi connectivity index (χ0n) is 13.2. The Bertz CT molecular complexity index is 739. The lowest BCUT2D eigenvalue weighted by Gasteiger charge is -2.08. The molecule has 5 heteroatoms. The molecule has 0 bridgehead atoms. The highest BCUT2D eigenvalue weighted by Crippen LogP contribution is 2.28. The van der Waals surface area contributed by atoms with E-state index in [1.807, 2.05) is 30.3 Å². The molecule has 2 N–H and O–H groups in total. The summed E-state index contributed by atoms with van der Waals surface area (Å²) in [6, 6.07) is 14.7. The van der Waals surface area contributed by atoms with E-state index in [1.165, 1.54) is 0 Å². The fourth-order valence-corrected chi connectivity index (χ4v) is 2.57. The Kier molecular flexibility index (Phi) is 5.16. The minimum atomic E-state index is -0.150. The van der Waals surface area contributed by atoms with Gasteiger partial charge in [0, 0.05) is 29.6 Å². The SMILES string of the molecule is O=C(NCc1ccccc1Cl)c1ccc(CNC(=O)C2CC2)cc1. The second kappa shape index (κ2) is 7.49. The molecule has 0 spiro atoms. The van der Waals surface area contributed by atoms with Crippen molar-refractivity contribution < 1.29 is 9.59 Å². The lowest BCUT2D eigenvalue weighted by molar-refractivity contribution is -0.122. The Labute approximate surface area is 146 Å².